The van der Waals surface area contributed by atoms with E-state index in [9.17, 15) is 0 Å². The Bertz CT molecular complexity index is 1210. The maximum Gasteiger partial charge on any atom is 0.226 e. The number of imidazole rings is 1. The van der Waals surface area contributed by atoms with Crippen molar-refractivity contribution in [3.8, 4) is 11.3 Å². The average Bonchev–Trinajstić information content (AvgIpc) is 3.26. The highest BCUT2D eigenvalue weighted by atomic mass is 15.2. The van der Waals surface area contributed by atoms with Crippen LogP contribution in [0.4, 0.5) is 11.8 Å². The Morgan fingerprint density at radius 3 is 2.52 bits per heavy atom. The number of aromatic nitrogens is 5. The van der Waals surface area contributed by atoms with Gasteiger partial charge in [-0.15, -0.1) is 0 Å². The van der Waals surface area contributed by atoms with Crippen molar-refractivity contribution < 1.29 is 0 Å². The number of pyridine rings is 1. The molecular weight excluding hydrogens is 410 g/mol. The molecule has 0 aliphatic rings. The molecule has 0 aliphatic carbocycles. The molecule has 0 bridgehead atoms. The zero-order chi connectivity index (χ0) is 23.4. The summed E-state index contributed by atoms with van der Waals surface area (Å²) >= 11 is 0. The van der Waals surface area contributed by atoms with Crippen molar-refractivity contribution in [3.05, 3.63) is 60.0 Å². The molecule has 0 fully saturated rings. The van der Waals surface area contributed by atoms with Crippen LogP contribution in [-0.4, -0.2) is 31.0 Å². The van der Waals surface area contributed by atoms with E-state index in [1.165, 1.54) is 11.1 Å². The van der Waals surface area contributed by atoms with Crippen molar-refractivity contribution in [2.45, 2.75) is 59.5 Å². The lowest BCUT2D eigenvalue weighted by Crippen LogP contribution is -2.11. The van der Waals surface area contributed by atoms with Crippen LogP contribution < -0.4 is 10.6 Å². The van der Waals surface area contributed by atoms with Gasteiger partial charge in [-0.05, 0) is 55.5 Å². The molecule has 3 aromatic heterocycles. The van der Waals surface area contributed by atoms with Crippen molar-refractivity contribution >= 4 is 22.9 Å². The summed E-state index contributed by atoms with van der Waals surface area (Å²) in [6.07, 6.45) is 4.69. The van der Waals surface area contributed by atoms with Gasteiger partial charge in [0, 0.05) is 30.9 Å². The van der Waals surface area contributed by atoms with Crippen molar-refractivity contribution in [3.63, 3.8) is 0 Å². The van der Waals surface area contributed by atoms with Crippen LogP contribution >= 0.6 is 0 Å². The Labute approximate surface area is 195 Å². The van der Waals surface area contributed by atoms with E-state index in [1.54, 1.807) is 0 Å². The summed E-state index contributed by atoms with van der Waals surface area (Å²) < 4.78 is 2.08. The quantitative estimate of drug-likeness (QED) is 0.329. The van der Waals surface area contributed by atoms with Crippen LogP contribution in [0.2, 0.25) is 0 Å². The van der Waals surface area contributed by atoms with Crippen LogP contribution in [-0.2, 0) is 6.54 Å². The van der Waals surface area contributed by atoms with E-state index >= 15 is 0 Å². The van der Waals surface area contributed by atoms with Crippen LogP contribution in [0.15, 0.2) is 48.9 Å². The van der Waals surface area contributed by atoms with E-state index in [0.29, 0.717) is 18.4 Å². The van der Waals surface area contributed by atoms with Gasteiger partial charge in [0.15, 0.2) is 17.0 Å². The lowest BCUT2D eigenvalue weighted by Gasteiger charge is -2.16. The summed E-state index contributed by atoms with van der Waals surface area (Å²) in [5.41, 5.74) is 6.30. The number of anilines is 2. The third-order valence-corrected chi connectivity index (χ3v) is 5.69. The van der Waals surface area contributed by atoms with Crippen LogP contribution in [0.3, 0.4) is 0 Å². The average molecular weight is 444 g/mol. The van der Waals surface area contributed by atoms with Gasteiger partial charge in [-0.3, -0.25) is 4.98 Å². The number of nitrogens with one attached hydrogen (secondary N) is 2. The van der Waals surface area contributed by atoms with Crippen molar-refractivity contribution in [2.75, 3.05) is 17.2 Å². The monoisotopic (exact) mass is 443 g/mol. The Hall–Kier alpha value is -3.48. The van der Waals surface area contributed by atoms with E-state index in [2.05, 4.69) is 78.0 Å². The molecule has 0 saturated heterocycles. The molecule has 33 heavy (non-hydrogen) atoms. The van der Waals surface area contributed by atoms with Crippen molar-refractivity contribution in [1.29, 1.82) is 0 Å². The van der Waals surface area contributed by atoms with Crippen LogP contribution in [0.25, 0.3) is 22.4 Å². The lowest BCUT2D eigenvalue weighted by atomic mass is 9.94. The molecular formula is C26H33N7. The topological polar surface area (TPSA) is 80.5 Å². The molecule has 172 valence electrons. The SMILES string of the molecule is CCCNc1nc(NCc2ccc(-c3ccccn3)cc2C(C)C)c2ncn(C(C)C)c2n1. The first-order valence-corrected chi connectivity index (χ1v) is 11.7. The third-order valence-electron chi connectivity index (χ3n) is 5.69. The zero-order valence-electron chi connectivity index (χ0n) is 20.1. The molecule has 0 aliphatic heterocycles. The second-order valence-electron chi connectivity index (χ2n) is 8.88. The summed E-state index contributed by atoms with van der Waals surface area (Å²) in [7, 11) is 0. The van der Waals surface area contributed by atoms with Crippen LogP contribution in [0.1, 0.15) is 64.1 Å². The Morgan fingerprint density at radius 1 is 0.970 bits per heavy atom. The molecule has 7 heteroatoms. The fourth-order valence-corrected chi connectivity index (χ4v) is 3.90. The molecule has 0 saturated carbocycles. The standard InChI is InChI=1S/C26H33N7/c1-6-12-28-26-31-24(23-25(32-26)33(16-30-23)18(4)5)29-15-20-11-10-19(14-21(20)17(2)3)22-9-7-8-13-27-22/h7-11,13-14,16-18H,6,12,15H2,1-5H3,(H2,28,29,31,32). The van der Waals surface area contributed by atoms with Gasteiger partial charge in [0.2, 0.25) is 5.95 Å². The first-order chi connectivity index (χ1) is 16.0. The third kappa shape index (κ3) is 4.97. The number of hydrogen-bond donors (Lipinski definition) is 2. The summed E-state index contributed by atoms with van der Waals surface area (Å²) in [4.78, 5) is 18.6. The Morgan fingerprint density at radius 2 is 1.82 bits per heavy atom. The summed E-state index contributed by atoms with van der Waals surface area (Å²) in [5.74, 6) is 1.77. The molecule has 7 nitrogen and oxygen atoms in total. The number of benzene rings is 1. The van der Waals surface area contributed by atoms with Gasteiger partial charge in [0.05, 0.1) is 12.0 Å². The zero-order valence-corrected chi connectivity index (χ0v) is 20.1. The molecule has 4 aromatic rings. The van der Waals surface area contributed by atoms with Crippen LogP contribution in [0, 0.1) is 0 Å². The molecule has 0 amide bonds. The van der Waals surface area contributed by atoms with Crippen molar-refractivity contribution in [2.24, 2.45) is 0 Å². The Kier molecular flexibility index (Phi) is 6.87. The first-order valence-electron chi connectivity index (χ1n) is 11.7. The van der Waals surface area contributed by atoms with E-state index in [1.807, 2.05) is 30.7 Å². The first kappa shape index (κ1) is 22.7. The number of fused-ring (bicyclic) bond motifs is 1. The van der Waals surface area contributed by atoms with Gasteiger partial charge < -0.3 is 15.2 Å². The highest BCUT2D eigenvalue weighted by Crippen LogP contribution is 2.28. The highest BCUT2D eigenvalue weighted by Gasteiger charge is 2.16. The Balaban J connectivity index is 1.66. The van der Waals surface area contributed by atoms with E-state index < -0.39 is 0 Å². The fraction of sp³-hybridized carbons (Fsp3) is 0.385. The molecule has 1 aromatic carbocycles. The maximum absolute atomic E-state index is 4.75. The smallest absolute Gasteiger partial charge is 0.226 e. The fourth-order valence-electron chi connectivity index (χ4n) is 3.90. The molecule has 0 radical (unpaired) electrons. The number of nitrogens with zero attached hydrogens (tertiary/aromatic N) is 5. The largest absolute Gasteiger partial charge is 0.364 e. The second kappa shape index (κ2) is 9.98. The minimum atomic E-state index is 0.267. The van der Waals surface area contributed by atoms with E-state index in [-0.39, 0.29) is 6.04 Å². The molecule has 0 unspecified atom stereocenters. The molecule has 0 spiro atoms. The van der Waals surface area contributed by atoms with E-state index in [4.69, 9.17) is 9.97 Å². The molecule has 0 atom stereocenters. The second-order valence-corrected chi connectivity index (χ2v) is 8.88. The minimum Gasteiger partial charge on any atom is -0.364 e. The summed E-state index contributed by atoms with van der Waals surface area (Å²) in [6.45, 7) is 12.3. The summed E-state index contributed by atoms with van der Waals surface area (Å²) in [6, 6.07) is 12.9. The predicted molar refractivity (Wildman–Crippen MR) is 136 cm³/mol. The predicted octanol–water partition coefficient (Wildman–Crippen LogP) is 6.03. The van der Waals surface area contributed by atoms with Gasteiger partial charge in [-0.25, -0.2) is 4.98 Å². The maximum atomic E-state index is 4.75. The van der Waals surface area contributed by atoms with Gasteiger partial charge in [-0.1, -0.05) is 39.0 Å². The van der Waals surface area contributed by atoms with Gasteiger partial charge in [-0.2, -0.15) is 9.97 Å². The molecule has 3 heterocycles. The highest BCUT2D eigenvalue weighted by molar-refractivity contribution is 5.84. The van der Waals surface area contributed by atoms with Crippen molar-refractivity contribution in [1.82, 2.24) is 24.5 Å². The van der Waals surface area contributed by atoms with Gasteiger partial charge in [0.1, 0.15) is 0 Å². The molecule has 2 N–H and O–H groups in total. The number of hydrogen-bond acceptors (Lipinski definition) is 6. The summed E-state index contributed by atoms with van der Waals surface area (Å²) in [5, 5.41) is 6.87. The van der Waals surface area contributed by atoms with Gasteiger partial charge >= 0.3 is 0 Å². The lowest BCUT2D eigenvalue weighted by molar-refractivity contribution is 0.613. The van der Waals surface area contributed by atoms with Gasteiger partial charge in [0.25, 0.3) is 0 Å². The molecule has 4 rings (SSSR count). The van der Waals surface area contributed by atoms with Crippen LogP contribution in [0.5, 0.6) is 0 Å². The number of rotatable bonds is 9. The van der Waals surface area contributed by atoms with E-state index in [0.717, 1.165) is 41.2 Å². The normalized spacial score (nSPS) is 11.5. The minimum absolute atomic E-state index is 0.267.